The Labute approximate surface area is 237 Å². The quantitative estimate of drug-likeness (QED) is 0.365. The van der Waals surface area contributed by atoms with Crippen LogP contribution in [0.3, 0.4) is 0 Å². The molecule has 0 aliphatic carbocycles. The molecule has 2 heterocycles. The number of hydrogen-bond donors (Lipinski definition) is 3. The van der Waals surface area contributed by atoms with E-state index in [0.717, 1.165) is 12.1 Å². The minimum atomic E-state index is -1.52. The Morgan fingerprint density at radius 3 is 2.50 bits per heavy atom. The van der Waals surface area contributed by atoms with Crippen LogP contribution in [0.5, 0.6) is 0 Å². The fraction of sp³-hybridized carbons (Fsp3) is 0.207. The second kappa shape index (κ2) is 12.1. The third kappa shape index (κ3) is 6.25. The number of nitrogens with one attached hydrogen (secondary N) is 2. The summed E-state index contributed by atoms with van der Waals surface area (Å²) in [4.78, 5) is 56.6. The van der Waals surface area contributed by atoms with Crippen molar-refractivity contribution in [3.8, 4) is 0 Å². The van der Waals surface area contributed by atoms with Crippen molar-refractivity contribution in [1.82, 2.24) is 5.32 Å². The van der Waals surface area contributed by atoms with Crippen molar-refractivity contribution in [1.29, 1.82) is 0 Å². The van der Waals surface area contributed by atoms with Crippen molar-refractivity contribution in [2.75, 3.05) is 23.4 Å². The van der Waals surface area contributed by atoms with E-state index < -0.39 is 67.0 Å². The van der Waals surface area contributed by atoms with Crippen LogP contribution in [-0.2, 0) is 23.9 Å². The first-order valence-corrected chi connectivity index (χ1v) is 12.8. The lowest BCUT2D eigenvalue weighted by Crippen LogP contribution is -2.49. The molecule has 0 bridgehead atoms. The van der Waals surface area contributed by atoms with Gasteiger partial charge in [-0.25, -0.2) is 13.6 Å². The molecule has 1 unspecified atom stereocenters. The van der Waals surface area contributed by atoms with Crippen LogP contribution in [-0.4, -0.2) is 66.2 Å². The van der Waals surface area contributed by atoms with Gasteiger partial charge in [-0.1, -0.05) is 48.5 Å². The normalized spacial score (nSPS) is 19.7. The minimum Gasteiger partial charge on any atom is -0.446 e. The highest BCUT2D eigenvalue weighted by Crippen LogP contribution is 2.29. The van der Waals surface area contributed by atoms with Crippen molar-refractivity contribution >= 4 is 41.0 Å². The van der Waals surface area contributed by atoms with Crippen LogP contribution >= 0.6 is 0 Å². The number of aliphatic hydroxyl groups is 1. The van der Waals surface area contributed by atoms with Crippen LogP contribution < -0.4 is 15.5 Å². The van der Waals surface area contributed by atoms with Crippen LogP contribution in [0.15, 0.2) is 77.8 Å². The molecule has 2 aliphatic heterocycles. The van der Waals surface area contributed by atoms with Gasteiger partial charge >= 0.3 is 12.1 Å². The number of cyclic esters (lactones) is 1. The number of rotatable bonds is 7. The number of esters is 1. The molecule has 1 saturated heterocycles. The van der Waals surface area contributed by atoms with Gasteiger partial charge in [-0.2, -0.15) is 0 Å². The summed E-state index contributed by atoms with van der Waals surface area (Å²) < 4.78 is 37.1. The third-order valence-corrected chi connectivity index (χ3v) is 6.50. The molecule has 42 heavy (non-hydrogen) atoms. The molecule has 1 fully saturated rings. The topological polar surface area (TPSA) is 147 Å². The SMILES string of the molecule is O=C(CN1C(=O)[C@@H](COC(=O)Nc2ccc(F)cc2F)N=C(c2ccccc2)c2ccccc21)N[C@H]1CC(=O)OC1O. The molecule has 0 radical (unpaired) electrons. The van der Waals surface area contributed by atoms with E-state index in [4.69, 9.17) is 4.74 Å². The molecule has 3 aromatic rings. The molecular weight excluding hydrogens is 554 g/mol. The summed E-state index contributed by atoms with van der Waals surface area (Å²) in [5, 5.41) is 14.5. The minimum absolute atomic E-state index is 0.237. The fourth-order valence-corrected chi connectivity index (χ4v) is 4.54. The predicted molar refractivity (Wildman–Crippen MR) is 145 cm³/mol. The van der Waals surface area contributed by atoms with Gasteiger partial charge in [-0.05, 0) is 18.2 Å². The van der Waals surface area contributed by atoms with Crippen molar-refractivity contribution in [2.45, 2.75) is 24.8 Å². The Hall–Kier alpha value is -5.17. The summed E-state index contributed by atoms with van der Waals surface area (Å²) in [6.45, 7) is -1.10. The Morgan fingerprint density at radius 1 is 1.05 bits per heavy atom. The Bertz CT molecular complexity index is 1570. The molecule has 2 aliphatic rings. The monoisotopic (exact) mass is 578 g/mol. The standard InChI is InChI=1S/C29H24F2N4O7/c30-17-10-11-20(19(31)12-17)34-29(40)41-15-22-27(38)35(14-24(36)32-21-13-25(37)42-28(21)39)23-9-5-4-8-18(23)26(33-22)16-6-2-1-3-7-16/h1-12,21-22,28,39H,13-15H2,(H,32,36)(H,34,40)/t21-,22+,28?/m0/s1. The fourth-order valence-electron chi connectivity index (χ4n) is 4.54. The first-order valence-electron chi connectivity index (χ1n) is 12.8. The highest BCUT2D eigenvalue weighted by Gasteiger charge is 2.37. The number of aliphatic imine (C=N–C) groups is 1. The van der Waals surface area contributed by atoms with Gasteiger partial charge in [0.05, 0.1) is 23.5 Å². The van der Waals surface area contributed by atoms with E-state index in [1.165, 1.54) is 4.90 Å². The van der Waals surface area contributed by atoms with Gasteiger partial charge in [-0.3, -0.25) is 24.7 Å². The molecule has 0 spiro atoms. The number of anilines is 2. The van der Waals surface area contributed by atoms with Gasteiger partial charge in [0.2, 0.25) is 12.2 Å². The molecule has 11 nitrogen and oxygen atoms in total. The van der Waals surface area contributed by atoms with Gasteiger partial charge in [0, 0.05) is 17.2 Å². The highest BCUT2D eigenvalue weighted by atomic mass is 19.1. The van der Waals surface area contributed by atoms with Crippen molar-refractivity contribution in [2.24, 2.45) is 4.99 Å². The highest BCUT2D eigenvalue weighted by molar-refractivity contribution is 6.20. The van der Waals surface area contributed by atoms with Crippen LogP contribution in [0.1, 0.15) is 17.5 Å². The van der Waals surface area contributed by atoms with E-state index in [1.54, 1.807) is 54.6 Å². The molecule has 216 valence electrons. The molecule has 5 rings (SSSR count). The van der Waals surface area contributed by atoms with Gasteiger partial charge in [0.1, 0.15) is 30.8 Å². The van der Waals surface area contributed by atoms with Gasteiger partial charge < -0.3 is 24.8 Å². The van der Waals surface area contributed by atoms with E-state index in [0.29, 0.717) is 28.6 Å². The molecular formula is C29H24F2N4O7. The summed E-state index contributed by atoms with van der Waals surface area (Å²) in [5.41, 5.74) is 1.58. The maximum Gasteiger partial charge on any atom is 0.411 e. The zero-order valence-corrected chi connectivity index (χ0v) is 21.8. The van der Waals surface area contributed by atoms with Gasteiger partial charge in [0.25, 0.3) is 5.91 Å². The number of nitrogens with zero attached hydrogens (tertiary/aromatic N) is 2. The number of ether oxygens (including phenoxy) is 2. The van der Waals surface area contributed by atoms with E-state index in [-0.39, 0.29) is 12.1 Å². The number of para-hydroxylation sites is 1. The zero-order chi connectivity index (χ0) is 29.8. The summed E-state index contributed by atoms with van der Waals surface area (Å²) >= 11 is 0. The van der Waals surface area contributed by atoms with Crippen molar-refractivity contribution in [3.05, 3.63) is 95.6 Å². The molecule has 3 atom stereocenters. The molecule has 0 aromatic heterocycles. The molecule has 13 heteroatoms. The van der Waals surface area contributed by atoms with E-state index in [9.17, 15) is 33.1 Å². The second-order valence-corrected chi connectivity index (χ2v) is 9.41. The number of benzodiazepines with no additional fused rings is 1. The second-order valence-electron chi connectivity index (χ2n) is 9.41. The number of hydrogen-bond acceptors (Lipinski definition) is 8. The zero-order valence-electron chi connectivity index (χ0n) is 21.8. The Balaban J connectivity index is 1.42. The van der Waals surface area contributed by atoms with E-state index >= 15 is 0 Å². The predicted octanol–water partition coefficient (Wildman–Crippen LogP) is 2.52. The lowest BCUT2D eigenvalue weighted by atomic mass is 10.0. The average molecular weight is 579 g/mol. The lowest BCUT2D eigenvalue weighted by molar-refractivity contribution is -0.155. The summed E-state index contributed by atoms with van der Waals surface area (Å²) in [7, 11) is 0. The summed E-state index contributed by atoms with van der Waals surface area (Å²) in [6, 6.07) is 15.9. The Kier molecular flexibility index (Phi) is 8.20. The van der Waals surface area contributed by atoms with Crippen LogP contribution in [0.4, 0.5) is 25.0 Å². The molecule has 3 aromatic carbocycles. The average Bonchev–Trinajstić information content (AvgIpc) is 3.23. The third-order valence-electron chi connectivity index (χ3n) is 6.50. The smallest absolute Gasteiger partial charge is 0.411 e. The molecule has 3 amide bonds. The van der Waals surface area contributed by atoms with Crippen molar-refractivity contribution in [3.63, 3.8) is 0 Å². The number of halogens is 2. The van der Waals surface area contributed by atoms with Gasteiger partial charge in [-0.15, -0.1) is 0 Å². The number of fused-ring (bicyclic) bond motifs is 1. The van der Waals surface area contributed by atoms with E-state index in [2.05, 4.69) is 20.4 Å². The molecule has 3 N–H and O–H groups in total. The summed E-state index contributed by atoms with van der Waals surface area (Å²) in [5.74, 6) is -3.91. The number of aliphatic hydroxyl groups excluding tert-OH is 1. The molecule has 0 saturated carbocycles. The van der Waals surface area contributed by atoms with Crippen molar-refractivity contribution < 1.29 is 42.5 Å². The number of carbonyl (C=O) groups excluding carboxylic acids is 4. The number of amides is 3. The maximum absolute atomic E-state index is 14.0. The maximum atomic E-state index is 14.0. The number of carbonyl (C=O) groups is 4. The first kappa shape index (κ1) is 28.4. The van der Waals surface area contributed by atoms with Crippen LogP contribution in [0.25, 0.3) is 0 Å². The Morgan fingerprint density at radius 2 is 1.79 bits per heavy atom. The van der Waals surface area contributed by atoms with E-state index in [1.807, 2.05) is 0 Å². The van der Waals surface area contributed by atoms with Crippen LogP contribution in [0, 0.1) is 11.6 Å². The number of benzene rings is 3. The van der Waals surface area contributed by atoms with Crippen LogP contribution in [0.2, 0.25) is 0 Å². The summed E-state index contributed by atoms with van der Waals surface area (Å²) in [6.07, 6.45) is -2.87. The first-order chi connectivity index (χ1) is 20.2. The largest absolute Gasteiger partial charge is 0.446 e. The van der Waals surface area contributed by atoms with Gasteiger partial charge in [0.15, 0.2) is 6.04 Å². The lowest BCUT2D eigenvalue weighted by Gasteiger charge is -2.25.